The fraction of sp³-hybridized carbons (Fsp3) is 0.333. The lowest BCUT2D eigenvalue weighted by Gasteiger charge is -2.29. The Morgan fingerprint density at radius 3 is 2.84 bits per heavy atom. The van der Waals surface area contributed by atoms with Crippen LogP contribution in [0.2, 0.25) is 0 Å². The molecule has 7 heteroatoms. The van der Waals surface area contributed by atoms with Gasteiger partial charge in [-0.15, -0.1) is 0 Å². The Kier molecular flexibility index (Phi) is 5.35. The summed E-state index contributed by atoms with van der Waals surface area (Å²) in [5.41, 5.74) is 0.495. The number of pyridine rings is 1. The Morgan fingerprint density at radius 2 is 2.12 bits per heavy atom. The quantitative estimate of drug-likeness (QED) is 0.825. The molecule has 7 nitrogen and oxygen atoms in total. The highest BCUT2D eigenvalue weighted by Crippen LogP contribution is 2.31. The fourth-order valence-electron chi connectivity index (χ4n) is 2.57. The molecule has 2 N–H and O–H groups in total. The Bertz CT molecular complexity index is 721. The van der Waals surface area contributed by atoms with E-state index in [0.29, 0.717) is 36.8 Å². The lowest BCUT2D eigenvalue weighted by Crippen LogP contribution is -2.41. The average molecular weight is 343 g/mol. The molecule has 1 aromatic carbocycles. The van der Waals surface area contributed by atoms with E-state index in [1.165, 1.54) is 6.20 Å². The van der Waals surface area contributed by atoms with Crippen molar-refractivity contribution < 1.29 is 19.4 Å². The minimum atomic E-state index is -0.220. The number of hydrogen-bond donors (Lipinski definition) is 2. The van der Waals surface area contributed by atoms with Crippen LogP contribution in [0.4, 0.5) is 5.82 Å². The molecule has 1 aliphatic rings. The molecule has 3 rings (SSSR count). The smallest absolute Gasteiger partial charge is 0.255 e. The van der Waals surface area contributed by atoms with E-state index in [1.807, 2.05) is 24.3 Å². The summed E-state index contributed by atoms with van der Waals surface area (Å²) < 4.78 is 11.6. The van der Waals surface area contributed by atoms with Crippen LogP contribution >= 0.6 is 0 Å². The van der Waals surface area contributed by atoms with Gasteiger partial charge in [-0.2, -0.15) is 0 Å². The van der Waals surface area contributed by atoms with Crippen molar-refractivity contribution in [3.05, 3.63) is 48.2 Å². The first kappa shape index (κ1) is 17.0. The lowest BCUT2D eigenvalue weighted by atomic mass is 10.2. The zero-order chi connectivity index (χ0) is 17.6. The predicted octanol–water partition coefficient (Wildman–Crippen LogP) is 1.40. The zero-order valence-corrected chi connectivity index (χ0v) is 14.0. The summed E-state index contributed by atoms with van der Waals surface area (Å²) in [5.74, 6) is 1.90. The molecule has 0 saturated carbocycles. The van der Waals surface area contributed by atoms with E-state index < -0.39 is 0 Å². The lowest BCUT2D eigenvalue weighted by molar-refractivity contribution is 0.0520. The third-order valence-electron chi connectivity index (χ3n) is 3.82. The maximum atomic E-state index is 12.5. The van der Waals surface area contributed by atoms with Crippen LogP contribution in [0, 0.1) is 0 Å². The molecule has 0 bridgehead atoms. The van der Waals surface area contributed by atoms with Crippen LogP contribution in [-0.2, 0) is 0 Å². The van der Waals surface area contributed by atoms with Crippen LogP contribution in [0.1, 0.15) is 10.4 Å². The van der Waals surface area contributed by atoms with Crippen LogP contribution in [0.5, 0.6) is 11.5 Å². The van der Waals surface area contributed by atoms with E-state index in [1.54, 1.807) is 24.1 Å². The highest BCUT2D eigenvalue weighted by molar-refractivity contribution is 5.93. The van der Waals surface area contributed by atoms with Crippen LogP contribution in [-0.4, -0.2) is 60.4 Å². The fourth-order valence-corrected chi connectivity index (χ4v) is 2.57. The van der Waals surface area contributed by atoms with Gasteiger partial charge in [0.15, 0.2) is 17.6 Å². The van der Waals surface area contributed by atoms with E-state index in [2.05, 4.69) is 10.3 Å². The molecule has 25 heavy (non-hydrogen) atoms. The maximum Gasteiger partial charge on any atom is 0.255 e. The minimum absolute atomic E-state index is 0.0255. The number of aromatic nitrogens is 1. The first-order valence-corrected chi connectivity index (χ1v) is 8.12. The topological polar surface area (TPSA) is 83.9 Å². The normalized spacial score (nSPS) is 15.5. The van der Waals surface area contributed by atoms with Gasteiger partial charge in [0.2, 0.25) is 0 Å². The number of amides is 1. The van der Waals surface area contributed by atoms with Gasteiger partial charge in [0, 0.05) is 19.8 Å². The number of carbonyl (C=O) groups is 1. The van der Waals surface area contributed by atoms with Crippen molar-refractivity contribution in [1.29, 1.82) is 0 Å². The van der Waals surface area contributed by atoms with Gasteiger partial charge in [-0.25, -0.2) is 4.98 Å². The highest BCUT2D eigenvalue weighted by atomic mass is 16.6. The number of nitrogens with one attached hydrogen (secondary N) is 1. The molecule has 2 aromatic rings. The summed E-state index contributed by atoms with van der Waals surface area (Å²) in [7, 11) is 1.73. The Morgan fingerprint density at radius 1 is 1.32 bits per heavy atom. The molecule has 1 aromatic heterocycles. The Balaban J connectivity index is 1.58. The molecule has 0 unspecified atom stereocenters. The monoisotopic (exact) mass is 343 g/mol. The van der Waals surface area contributed by atoms with Gasteiger partial charge >= 0.3 is 0 Å². The van der Waals surface area contributed by atoms with E-state index >= 15 is 0 Å². The van der Waals surface area contributed by atoms with Crippen molar-refractivity contribution in [3.8, 4) is 11.5 Å². The summed E-state index contributed by atoms with van der Waals surface area (Å²) in [6.45, 7) is 1.26. The first-order valence-electron chi connectivity index (χ1n) is 8.12. The largest absolute Gasteiger partial charge is 0.486 e. The number of nitrogens with zero attached hydrogens (tertiary/aromatic N) is 2. The van der Waals surface area contributed by atoms with Gasteiger partial charge < -0.3 is 24.8 Å². The number of aliphatic hydroxyl groups is 1. The molecule has 0 fully saturated rings. The Hall–Kier alpha value is -2.80. The number of para-hydroxylation sites is 2. The number of ether oxygens (including phenoxy) is 2. The molecule has 132 valence electrons. The van der Waals surface area contributed by atoms with Gasteiger partial charge in [-0.3, -0.25) is 4.79 Å². The third-order valence-corrected chi connectivity index (χ3v) is 3.82. The van der Waals surface area contributed by atoms with Crippen molar-refractivity contribution in [3.63, 3.8) is 0 Å². The second kappa shape index (κ2) is 7.85. The molecule has 0 radical (unpaired) electrons. The van der Waals surface area contributed by atoms with E-state index in [9.17, 15) is 4.79 Å². The van der Waals surface area contributed by atoms with Crippen molar-refractivity contribution in [2.75, 3.05) is 38.7 Å². The standard InChI is InChI=1S/C18H21N3O4/c1-21(11-14-12-24-15-4-2-3-5-16(15)25-14)18(23)13-6-7-17(20-10-13)19-8-9-22/h2-7,10,14,22H,8-9,11-12H2,1H3,(H,19,20)/t14-/m0/s1. The van der Waals surface area contributed by atoms with Gasteiger partial charge in [0.25, 0.3) is 5.91 Å². The summed E-state index contributed by atoms with van der Waals surface area (Å²) in [6, 6.07) is 10.9. The summed E-state index contributed by atoms with van der Waals surface area (Å²) in [4.78, 5) is 18.3. The van der Waals surface area contributed by atoms with Crippen LogP contribution in [0.3, 0.4) is 0 Å². The second-order valence-electron chi connectivity index (χ2n) is 5.77. The molecular weight excluding hydrogens is 322 g/mol. The number of anilines is 1. The molecule has 2 heterocycles. The van der Waals surface area contributed by atoms with Gasteiger partial charge in [-0.05, 0) is 24.3 Å². The van der Waals surface area contributed by atoms with Crippen molar-refractivity contribution in [2.45, 2.75) is 6.10 Å². The van der Waals surface area contributed by atoms with E-state index in [-0.39, 0.29) is 18.6 Å². The van der Waals surface area contributed by atoms with Crippen molar-refractivity contribution >= 4 is 11.7 Å². The molecular formula is C18H21N3O4. The van der Waals surface area contributed by atoms with Gasteiger partial charge in [-0.1, -0.05) is 12.1 Å². The highest BCUT2D eigenvalue weighted by Gasteiger charge is 2.24. The predicted molar refractivity (Wildman–Crippen MR) is 93.1 cm³/mol. The van der Waals surface area contributed by atoms with Crippen LogP contribution < -0.4 is 14.8 Å². The molecule has 0 saturated heterocycles. The third kappa shape index (κ3) is 4.19. The number of rotatable bonds is 6. The molecule has 1 amide bonds. The van der Waals surface area contributed by atoms with Crippen LogP contribution in [0.15, 0.2) is 42.6 Å². The number of aliphatic hydroxyl groups excluding tert-OH is 1. The number of hydrogen-bond acceptors (Lipinski definition) is 6. The van der Waals surface area contributed by atoms with Crippen molar-refractivity contribution in [2.24, 2.45) is 0 Å². The number of carbonyl (C=O) groups excluding carboxylic acids is 1. The summed E-state index contributed by atoms with van der Waals surface area (Å²) in [6.07, 6.45) is 1.30. The number of likely N-dealkylation sites (N-methyl/N-ethyl adjacent to an activating group) is 1. The number of fused-ring (bicyclic) bond motifs is 1. The molecule has 1 atom stereocenters. The minimum Gasteiger partial charge on any atom is -0.486 e. The number of benzene rings is 1. The summed E-state index contributed by atoms with van der Waals surface area (Å²) in [5, 5.41) is 11.7. The maximum absolute atomic E-state index is 12.5. The molecule has 0 spiro atoms. The zero-order valence-electron chi connectivity index (χ0n) is 14.0. The second-order valence-corrected chi connectivity index (χ2v) is 5.77. The van der Waals surface area contributed by atoms with Crippen molar-refractivity contribution in [1.82, 2.24) is 9.88 Å². The first-order chi connectivity index (χ1) is 12.2. The molecule has 1 aliphatic heterocycles. The van der Waals surface area contributed by atoms with Crippen LogP contribution in [0.25, 0.3) is 0 Å². The SMILES string of the molecule is CN(C[C@H]1COc2ccccc2O1)C(=O)c1ccc(NCCO)nc1. The average Bonchev–Trinajstić information content (AvgIpc) is 2.66. The Labute approximate surface area is 146 Å². The van der Waals surface area contributed by atoms with E-state index in [0.717, 1.165) is 5.75 Å². The summed E-state index contributed by atoms with van der Waals surface area (Å²) >= 11 is 0. The van der Waals surface area contributed by atoms with Gasteiger partial charge in [0.05, 0.1) is 18.7 Å². The van der Waals surface area contributed by atoms with E-state index in [4.69, 9.17) is 14.6 Å². The molecule has 0 aliphatic carbocycles. The van der Waals surface area contributed by atoms with Gasteiger partial charge in [0.1, 0.15) is 12.4 Å².